The Balaban J connectivity index is 1.52. The van der Waals surface area contributed by atoms with Crippen molar-refractivity contribution >= 4 is 0 Å². The van der Waals surface area contributed by atoms with Crippen molar-refractivity contribution in [3.05, 3.63) is 54.1 Å². The molecule has 0 bridgehead atoms. The summed E-state index contributed by atoms with van der Waals surface area (Å²) in [6, 6.07) is 17.9. The monoisotopic (exact) mass is 378 g/mol. The van der Waals surface area contributed by atoms with Crippen molar-refractivity contribution in [2.75, 3.05) is 6.61 Å². The van der Waals surface area contributed by atoms with Crippen molar-refractivity contribution < 1.29 is 4.74 Å². The molecule has 0 radical (unpaired) electrons. The van der Waals surface area contributed by atoms with Crippen molar-refractivity contribution in [3.8, 4) is 16.9 Å². The Hall–Kier alpha value is -1.76. The molecule has 0 atom stereocenters. The SMILES string of the molecule is CCCCOc1ccc(-c2ccc(C3CCC(CCC(C)C)CC3)cc2)cc1. The maximum atomic E-state index is 5.77. The Kier molecular flexibility index (Phi) is 8.01. The van der Waals surface area contributed by atoms with Gasteiger partial charge in [-0.15, -0.1) is 0 Å². The lowest BCUT2D eigenvalue weighted by Crippen LogP contribution is -2.14. The Morgan fingerprint density at radius 2 is 1.46 bits per heavy atom. The second-order valence-corrected chi connectivity index (χ2v) is 9.04. The number of ether oxygens (including phenoxy) is 1. The highest BCUT2D eigenvalue weighted by molar-refractivity contribution is 5.64. The largest absolute Gasteiger partial charge is 0.494 e. The fourth-order valence-electron chi connectivity index (χ4n) is 4.38. The van der Waals surface area contributed by atoms with E-state index in [1.165, 1.54) is 61.6 Å². The van der Waals surface area contributed by atoms with Gasteiger partial charge in [-0.05, 0) is 78.7 Å². The van der Waals surface area contributed by atoms with E-state index in [0.29, 0.717) is 0 Å². The van der Waals surface area contributed by atoms with E-state index in [0.717, 1.165) is 36.5 Å². The van der Waals surface area contributed by atoms with Crippen LogP contribution in [0.4, 0.5) is 0 Å². The van der Waals surface area contributed by atoms with E-state index in [1.54, 1.807) is 0 Å². The third-order valence-electron chi connectivity index (χ3n) is 6.34. The second-order valence-electron chi connectivity index (χ2n) is 9.04. The summed E-state index contributed by atoms with van der Waals surface area (Å²) in [7, 11) is 0. The maximum Gasteiger partial charge on any atom is 0.119 e. The van der Waals surface area contributed by atoms with E-state index in [9.17, 15) is 0 Å². The first-order valence-electron chi connectivity index (χ1n) is 11.5. The van der Waals surface area contributed by atoms with Crippen LogP contribution in [0.25, 0.3) is 11.1 Å². The summed E-state index contributed by atoms with van der Waals surface area (Å²) in [5, 5.41) is 0. The molecule has 0 heterocycles. The average Bonchev–Trinajstić information content (AvgIpc) is 2.73. The van der Waals surface area contributed by atoms with Crippen LogP contribution >= 0.6 is 0 Å². The van der Waals surface area contributed by atoms with Crippen molar-refractivity contribution in [2.24, 2.45) is 11.8 Å². The van der Waals surface area contributed by atoms with Gasteiger partial charge in [-0.2, -0.15) is 0 Å². The summed E-state index contributed by atoms with van der Waals surface area (Å²) >= 11 is 0. The van der Waals surface area contributed by atoms with Gasteiger partial charge in [-0.3, -0.25) is 0 Å². The van der Waals surface area contributed by atoms with Crippen LogP contribution in [0.15, 0.2) is 48.5 Å². The van der Waals surface area contributed by atoms with Crippen LogP contribution in [0.2, 0.25) is 0 Å². The van der Waals surface area contributed by atoms with E-state index < -0.39 is 0 Å². The summed E-state index contributed by atoms with van der Waals surface area (Å²) in [6.07, 6.45) is 10.7. The number of hydrogen-bond acceptors (Lipinski definition) is 1. The van der Waals surface area contributed by atoms with Crippen LogP contribution in [0.3, 0.4) is 0 Å². The van der Waals surface area contributed by atoms with E-state index in [2.05, 4.69) is 69.3 Å². The minimum Gasteiger partial charge on any atom is -0.494 e. The zero-order valence-corrected chi connectivity index (χ0v) is 18.1. The van der Waals surface area contributed by atoms with E-state index in [-0.39, 0.29) is 0 Å². The van der Waals surface area contributed by atoms with Crippen molar-refractivity contribution in [1.82, 2.24) is 0 Å². The topological polar surface area (TPSA) is 9.23 Å². The molecule has 0 amide bonds. The third-order valence-corrected chi connectivity index (χ3v) is 6.34. The molecule has 1 aliphatic rings. The van der Waals surface area contributed by atoms with E-state index in [1.807, 2.05) is 0 Å². The zero-order chi connectivity index (χ0) is 19.8. The minimum atomic E-state index is 0.763. The van der Waals surface area contributed by atoms with Gasteiger partial charge in [-0.1, -0.05) is 76.4 Å². The molecular weight excluding hydrogens is 340 g/mol. The van der Waals surface area contributed by atoms with Crippen molar-refractivity contribution in [2.45, 2.75) is 78.1 Å². The molecule has 1 saturated carbocycles. The Morgan fingerprint density at radius 3 is 2.04 bits per heavy atom. The first-order valence-corrected chi connectivity index (χ1v) is 11.5. The maximum absolute atomic E-state index is 5.77. The summed E-state index contributed by atoms with van der Waals surface area (Å²) in [4.78, 5) is 0. The number of rotatable bonds is 9. The molecule has 0 N–H and O–H groups in total. The lowest BCUT2D eigenvalue weighted by molar-refractivity contribution is 0.293. The molecule has 2 aromatic carbocycles. The molecule has 0 aliphatic heterocycles. The van der Waals surface area contributed by atoms with Gasteiger partial charge in [0.1, 0.15) is 5.75 Å². The molecule has 1 heteroatoms. The fraction of sp³-hybridized carbons (Fsp3) is 0.556. The van der Waals surface area contributed by atoms with Gasteiger partial charge < -0.3 is 4.74 Å². The lowest BCUT2D eigenvalue weighted by Gasteiger charge is -2.29. The number of unbranched alkanes of at least 4 members (excludes halogenated alkanes) is 1. The van der Waals surface area contributed by atoms with E-state index in [4.69, 9.17) is 4.74 Å². The van der Waals surface area contributed by atoms with Crippen LogP contribution < -0.4 is 4.74 Å². The molecule has 3 rings (SSSR count). The van der Waals surface area contributed by atoms with Gasteiger partial charge in [-0.25, -0.2) is 0 Å². The molecule has 0 saturated heterocycles. The molecule has 1 fully saturated rings. The third kappa shape index (κ3) is 6.12. The smallest absolute Gasteiger partial charge is 0.119 e. The lowest BCUT2D eigenvalue weighted by atomic mass is 9.76. The van der Waals surface area contributed by atoms with Gasteiger partial charge in [0.2, 0.25) is 0 Å². The average molecular weight is 379 g/mol. The number of benzene rings is 2. The van der Waals surface area contributed by atoms with Gasteiger partial charge in [0.05, 0.1) is 6.61 Å². The highest BCUT2D eigenvalue weighted by atomic mass is 16.5. The van der Waals surface area contributed by atoms with Crippen LogP contribution in [-0.4, -0.2) is 6.61 Å². The molecule has 0 unspecified atom stereocenters. The van der Waals surface area contributed by atoms with Gasteiger partial charge >= 0.3 is 0 Å². The molecule has 152 valence electrons. The summed E-state index contributed by atoms with van der Waals surface area (Å²) in [5.41, 5.74) is 4.10. The van der Waals surface area contributed by atoms with Crippen molar-refractivity contribution in [1.29, 1.82) is 0 Å². The first kappa shape index (κ1) is 21.0. The van der Waals surface area contributed by atoms with Crippen LogP contribution in [0.5, 0.6) is 5.75 Å². The quantitative estimate of drug-likeness (QED) is 0.399. The fourth-order valence-corrected chi connectivity index (χ4v) is 4.38. The molecule has 1 nitrogen and oxygen atoms in total. The second kappa shape index (κ2) is 10.7. The van der Waals surface area contributed by atoms with Gasteiger partial charge in [0.15, 0.2) is 0 Å². The summed E-state index contributed by atoms with van der Waals surface area (Å²) < 4.78 is 5.77. The zero-order valence-electron chi connectivity index (χ0n) is 18.1. The molecule has 2 aromatic rings. The Morgan fingerprint density at radius 1 is 0.857 bits per heavy atom. The minimum absolute atomic E-state index is 0.763. The molecule has 28 heavy (non-hydrogen) atoms. The van der Waals surface area contributed by atoms with E-state index >= 15 is 0 Å². The van der Waals surface area contributed by atoms with Gasteiger partial charge in [0, 0.05) is 0 Å². The van der Waals surface area contributed by atoms with Crippen LogP contribution in [0.1, 0.15) is 83.6 Å². The molecule has 0 spiro atoms. The molecular formula is C27H38O. The van der Waals surface area contributed by atoms with Crippen LogP contribution in [0, 0.1) is 11.8 Å². The van der Waals surface area contributed by atoms with Gasteiger partial charge in [0.25, 0.3) is 0 Å². The predicted octanol–water partition coefficient (Wildman–Crippen LogP) is 8.24. The predicted molar refractivity (Wildman–Crippen MR) is 121 cm³/mol. The van der Waals surface area contributed by atoms with Crippen molar-refractivity contribution in [3.63, 3.8) is 0 Å². The highest BCUT2D eigenvalue weighted by Gasteiger charge is 2.22. The summed E-state index contributed by atoms with van der Waals surface area (Å²) in [5.74, 6) is 3.56. The standard InChI is InChI=1S/C27H38O/c1-4-5-20-28-27-18-16-26(17-19-27)25-14-12-24(13-15-25)23-10-8-22(9-11-23)7-6-21(2)3/h12-19,21-23H,4-11,20H2,1-3H3. The normalized spacial score (nSPS) is 19.7. The number of hydrogen-bond donors (Lipinski definition) is 0. The molecule has 0 aromatic heterocycles. The molecule has 1 aliphatic carbocycles. The first-order chi connectivity index (χ1) is 13.7. The summed E-state index contributed by atoms with van der Waals surface area (Å²) in [6.45, 7) is 7.69. The Bertz CT molecular complexity index is 675. The van der Waals surface area contributed by atoms with Crippen LogP contribution in [-0.2, 0) is 0 Å². The Labute approximate surface area is 172 Å². The highest BCUT2D eigenvalue weighted by Crippen LogP contribution is 2.38.